The molecule has 1 aromatic heterocycles. The molecule has 1 aromatic rings. The van der Waals surface area contributed by atoms with Crippen molar-refractivity contribution in [2.24, 2.45) is 5.92 Å². The first kappa shape index (κ1) is 15.9. The molecule has 1 heterocycles. The van der Waals surface area contributed by atoms with Gasteiger partial charge < -0.3 is 0 Å². The Morgan fingerprint density at radius 1 is 1.21 bits per heavy atom. The van der Waals surface area contributed by atoms with Crippen molar-refractivity contribution in [3.8, 4) is 0 Å². The van der Waals surface area contributed by atoms with E-state index in [0.29, 0.717) is 0 Å². The molecule has 0 saturated carbocycles. The number of unbranched alkanes of at least 4 members (excludes halogenated alkanes) is 3. The molecule has 0 fully saturated rings. The highest BCUT2D eigenvalue weighted by Crippen LogP contribution is 2.10. The van der Waals surface area contributed by atoms with E-state index in [2.05, 4.69) is 48.8 Å². The van der Waals surface area contributed by atoms with Gasteiger partial charge in [-0.15, -0.1) is 5.10 Å². The number of hydrogen-bond acceptors (Lipinski definition) is 2. The molecule has 0 aliphatic rings. The zero-order valence-corrected chi connectivity index (χ0v) is 13.0. The van der Waals surface area contributed by atoms with Gasteiger partial charge in [0, 0.05) is 13.0 Å². The largest absolute Gasteiger partial charge is 0.249 e. The summed E-state index contributed by atoms with van der Waals surface area (Å²) >= 11 is 0. The zero-order valence-electron chi connectivity index (χ0n) is 13.0. The molecular formula is C16H29N3. The fourth-order valence-corrected chi connectivity index (χ4v) is 2.10. The van der Waals surface area contributed by atoms with Crippen molar-refractivity contribution in [1.82, 2.24) is 15.0 Å². The van der Waals surface area contributed by atoms with Crippen LogP contribution < -0.4 is 0 Å². The molecule has 1 rings (SSSR count). The summed E-state index contributed by atoms with van der Waals surface area (Å²) in [6.07, 6.45) is 11.6. The highest BCUT2D eigenvalue weighted by atomic mass is 15.4. The zero-order chi connectivity index (χ0) is 14.1. The maximum atomic E-state index is 4.18. The number of allylic oxidation sites excluding steroid dienone is 2. The Bertz CT molecular complexity index is 373. The third kappa shape index (κ3) is 7.14. The van der Waals surface area contributed by atoms with E-state index in [4.69, 9.17) is 0 Å². The highest BCUT2D eigenvalue weighted by molar-refractivity contribution is 5.05. The fourth-order valence-electron chi connectivity index (χ4n) is 2.10. The standard InChI is InChI=1S/C16H29N3/c1-14(2)9-7-5-6-8-12-19-16(13-17-18-19)11-10-15(3)4/h10,13-14H,5-9,11-12H2,1-4H3. The summed E-state index contributed by atoms with van der Waals surface area (Å²) in [5.74, 6) is 0.839. The van der Waals surface area contributed by atoms with Gasteiger partial charge in [-0.25, -0.2) is 4.68 Å². The number of rotatable bonds is 9. The van der Waals surface area contributed by atoms with Crippen LogP contribution in [0.2, 0.25) is 0 Å². The monoisotopic (exact) mass is 263 g/mol. The Labute approximate surface area is 118 Å². The first-order valence-corrected chi connectivity index (χ1v) is 7.60. The van der Waals surface area contributed by atoms with Crippen molar-refractivity contribution in [2.75, 3.05) is 0 Å². The van der Waals surface area contributed by atoms with Crippen LogP contribution >= 0.6 is 0 Å². The molecule has 0 aromatic carbocycles. The average Bonchev–Trinajstić information content (AvgIpc) is 2.78. The second kappa shape index (κ2) is 8.89. The number of nitrogens with zero attached hydrogens (tertiary/aromatic N) is 3. The maximum Gasteiger partial charge on any atom is 0.0728 e. The van der Waals surface area contributed by atoms with Gasteiger partial charge in [0.2, 0.25) is 0 Å². The number of hydrogen-bond donors (Lipinski definition) is 0. The van der Waals surface area contributed by atoms with E-state index >= 15 is 0 Å². The van der Waals surface area contributed by atoms with Crippen LogP contribution in [0.4, 0.5) is 0 Å². The van der Waals surface area contributed by atoms with Gasteiger partial charge >= 0.3 is 0 Å². The predicted molar refractivity (Wildman–Crippen MR) is 81.1 cm³/mol. The van der Waals surface area contributed by atoms with E-state index in [0.717, 1.165) is 18.9 Å². The Morgan fingerprint density at radius 3 is 2.63 bits per heavy atom. The number of aryl methyl sites for hydroxylation is 1. The molecule has 3 nitrogen and oxygen atoms in total. The molecule has 0 N–H and O–H groups in total. The molecule has 108 valence electrons. The summed E-state index contributed by atoms with van der Waals surface area (Å²) in [7, 11) is 0. The van der Waals surface area contributed by atoms with Gasteiger partial charge in [-0.2, -0.15) is 0 Å². The van der Waals surface area contributed by atoms with Crippen LogP contribution in [-0.2, 0) is 13.0 Å². The van der Waals surface area contributed by atoms with Gasteiger partial charge in [-0.1, -0.05) is 56.4 Å². The summed E-state index contributed by atoms with van der Waals surface area (Å²) in [5.41, 5.74) is 2.57. The summed E-state index contributed by atoms with van der Waals surface area (Å²) < 4.78 is 2.06. The first-order chi connectivity index (χ1) is 9.09. The Balaban J connectivity index is 2.22. The lowest BCUT2D eigenvalue weighted by Crippen LogP contribution is -2.05. The quantitative estimate of drug-likeness (QED) is 0.488. The molecule has 0 spiro atoms. The van der Waals surface area contributed by atoms with Crippen molar-refractivity contribution in [3.05, 3.63) is 23.5 Å². The van der Waals surface area contributed by atoms with E-state index < -0.39 is 0 Å². The maximum absolute atomic E-state index is 4.18. The van der Waals surface area contributed by atoms with Crippen molar-refractivity contribution in [1.29, 1.82) is 0 Å². The minimum absolute atomic E-state index is 0.839. The summed E-state index contributed by atoms with van der Waals surface area (Å²) in [6.45, 7) is 9.86. The van der Waals surface area contributed by atoms with Gasteiger partial charge in [-0.05, 0) is 26.2 Å². The molecule has 0 radical (unpaired) electrons. The lowest BCUT2D eigenvalue weighted by Gasteiger charge is -2.06. The summed E-state index contributed by atoms with van der Waals surface area (Å²) in [5, 5.41) is 8.20. The molecule has 0 atom stereocenters. The van der Waals surface area contributed by atoms with Crippen molar-refractivity contribution >= 4 is 0 Å². The normalized spacial score (nSPS) is 11.0. The van der Waals surface area contributed by atoms with Gasteiger partial charge in [-0.3, -0.25) is 0 Å². The van der Waals surface area contributed by atoms with Gasteiger partial charge in [0.05, 0.1) is 11.9 Å². The van der Waals surface area contributed by atoms with Gasteiger partial charge in [0.1, 0.15) is 0 Å². The van der Waals surface area contributed by atoms with Crippen LogP contribution in [0, 0.1) is 5.92 Å². The molecule has 0 aliphatic heterocycles. The van der Waals surface area contributed by atoms with Crippen molar-refractivity contribution in [2.45, 2.75) is 72.8 Å². The summed E-state index contributed by atoms with van der Waals surface area (Å²) in [4.78, 5) is 0. The Kier molecular flexibility index (Phi) is 7.46. The lowest BCUT2D eigenvalue weighted by molar-refractivity contribution is 0.484. The van der Waals surface area contributed by atoms with E-state index in [1.54, 1.807) is 0 Å². The highest BCUT2D eigenvalue weighted by Gasteiger charge is 2.02. The van der Waals surface area contributed by atoms with Crippen LogP contribution in [0.5, 0.6) is 0 Å². The molecule has 0 saturated heterocycles. The molecule has 0 amide bonds. The molecule has 0 unspecified atom stereocenters. The molecule has 3 heteroatoms. The SMILES string of the molecule is CC(C)=CCc1cnnn1CCCCCCC(C)C. The van der Waals surface area contributed by atoms with Gasteiger partial charge in [0.25, 0.3) is 0 Å². The van der Waals surface area contributed by atoms with Crippen LogP contribution in [0.1, 0.15) is 65.5 Å². The Hall–Kier alpha value is -1.12. The van der Waals surface area contributed by atoms with Crippen molar-refractivity contribution in [3.63, 3.8) is 0 Å². The first-order valence-electron chi connectivity index (χ1n) is 7.60. The molecular weight excluding hydrogens is 234 g/mol. The second-order valence-corrected chi connectivity index (χ2v) is 6.03. The predicted octanol–water partition coefficient (Wildman–Crippen LogP) is 4.39. The minimum Gasteiger partial charge on any atom is -0.249 e. The van der Waals surface area contributed by atoms with E-state index in [1.807, 2.05) is 6.20 Å². The molecule has 19 heavy (non-hydrogen) atoms. The van der Waals surface area contributed by atoms with E-state index in [-0.39, 0.29) is 0 Å². The molecule has 0 aliphatic carbocycles. The van der Waals surface area contributed by atoms with E-state index in [9.17, 15) is 0 Å². The van der Waals surface area contributed by atoms with Crippen LogP contribution in [0.15, 0.2) is 17.8 Å². The average molecular weight is 263 g/mol. The fraction of sp³-hybridized carbons (Fsp3) is 0.750. The van der Waals surface area contributed by atoms with Crippen LogP contribution in [0.25, 0.3) is 0 Å². The van der Waals surface area contributed by atoms with Crippen LogP contribution in [0.3, 0.4) is 0 Å². The van der Waals surface area contributed by atoms with Crippen LogP contribution in [-0.4, -0.2) is 15.0 Å². The lowest BCUT2D eigenvalue weighted by atomic mass is 10.0. The topological polar surface area (TPSA) is 30.7 Å². The Morgan fingerprint density at radius 2 is 1.95 bits per heavy atom. The second-order valence-electron chi connectivity index (χ2n) is 6.03. The third-order valence-corrected chi connectivity index (χ3v) is 3.32. The van der Waals surface area contributed by atoms with Crippen molar-refractivity contribution < 1.29 is 0 Å². The smallest absolute Gasteiger partial charge is 0.0728 e. The third-order valence-electron chi connectivity index (χ3n) is 3.32. The number of aromatic nitrogens is 3. The summed E-state index contributed by atoms with van der Waals surface area (Å²) in [6, 6.07) is 0. The minimum atomic E-state index is 0.839. The van der Waals surface area contributed by atoms with E-state index in [1.165, 1.54) is 43.4 Å². The van der Waals surface area contributed by atoms with Gasteiger partial charge in [0.15, 0.2) is 0 Å². The molecule has 0 bridgehead atoms.